The summed E-state index contributed by atoms with van der Waals surface area (Å²) in [6, 6.07) is 11.7. The maximum absolute atomic E-state index is 13.2. The minimum atomic E-state index is -0.394. The number of aromatic nitrogens is 2. The van der Waals surface area contributed by atoms with E-state index in [1.165, 1.54) is 36.4 Å². The second-order valence-electron chi connectivity index (χ2n) is 6.32. The molecule has 146 valence electrons. The Kier molecular flexibility index (Phi) is 6.49. The molecule has 1 heterocycles. The van der Waals surface area contributed by atoms with E-state index in [0.29, 0.717) is 31.1 Å². The molecule has 5 nitrogen and oxygen atoms in total. The van der Waals surface area contributed by atoms with Gasteiger partial charge in [0, 0.05) is 38.2 Å². The van der Waals surface area contributed by atoms with Crippen molar-refractivity contribution in [1.29, 1.82) is 0 Å². The Morgan fingerprint density at radius 1 is 1.07 bits per heavy atom. The van der Waals surface area contributed by atoms with Crippen molar-refractivity contribution in [3.05, 3.63) is 89.5 Å². The molecule has 28 heavy (non-hydrogen) atoms. The summed E-state index contributed by atoms with van der Waals surface area (Å²) in [6.07, 6.45) is 3.48. The van der Waals surface area contributed by atoms with Crippen molar-refractivity contribution >= 4 is 5.91 Å². The molecule has 0 N–H and O–H groups in total. The Hall–Kier alpha value is -3.06. The van der Waals surface area contributed by atoms with Crippen molar-refractivity contribution in [3.63, 3.8) is 0 Å². The van der Waals surface area contributed by atoms with Gasteiger partial charge in [0.1, 0.15) is 17.5 Å². The first-order valence-corrected chi connectivity index (χ1v) is 8.85. The van der Waals surface area contributed by atoms with Crippen molar-refractivity contribution in [1.82, 2.24) is 14.5 Å². The Labute approximate surface area is 162 Å². The normalized spacial score (nSPS) is 10.8. The summed E-state index contributed by atoms with van der Waals surface area (Å²) < 4.78 is 33.3. The minimum absolute atomic E-state index is 0.228. The molecule has 0 aliphatic heterocycles. The van der Waals surface area contributed by atoms with Crippen molar-refractivity contribution < 1.29 is 18.3 Å². The maximum atomic E-state index is 13.2. The zero-order chi connectivity index (χ0) is 19.9. The summed E-state index contributed by atoms with van der Waals surface area (Å²) in [7, 11) is 1.57. The highest BCUT2D eigenvalue weighted by Crippen LogP contribution is 2.13. The fraction of sp³-hybridized carbons (Fsp3) is 0.238. The van der Waals surface area contributed by atoms with Gasteiger partial charge < -0.3 is 14.2 Å². The number of benzene rings is 2. The van der Waals surface area contributed by atoms with Crippen molar-refractivity contribution in [2.75, 3.05) is 20.3 Å². The fourth-order valence-electron chi connectivity index (χ4n) is 2.82. The highest BCUT2D eigenvalue weighted by Gasteiger charge is 2.18. The third-order valence-corrected chi connectivity index (χ3v) is 4.34. The van der Waals surface area contributed by atoms with Gasteiger partial charge in [0.25, 0.3) is 5.91 Å². The molecule has 3 rings (SSSR count). The lowest BCUT2D eigenvalue weighted by molar-refractivity contribution is 0.0673. The maximum Gasteiger partial charge on any atom is 0.254 e. The highest BCUT2D eigenvalue weighted by molar-refractivity contribution is 5.94. The molecule has 0 bridgehead atoms. The molecule has 1 amide bonds. The Morgan fingerprint density at radius 2 is 1.71 bits per heavy atom. The van der Waals surface area contributed by atoms with E-state index in [2.05, 4.69) is 4.98 Å². The van der Waals surface area contributed by atoms with Crippen LogP contribution in [0.3, 0.4) is 0 Å². The molecule has 3 aromatic rings. The van der Waals surface area contributed by atoms with Crippen LogP contribution in [0.15, 0.2) is 60.9 Å². The predicted octanol–water partition coefficient (Wildman–Crippen LogP) is 3.50. The molecule has 7 heteroatoms. The number of halogens is 2. The lowest BCUT2D eigenvalue weighted by Gasteiger charge is -2.23. The molecular formula is C21H21F2N3O2. The quantitative estimate of drug-likeness (QED) is 0.596. The van der Waals surface area contributed by atoms with Crippen LogP contribution in [0.25, 0.3) is 0 Å². The number of hydrogen-bond acceptors (Lipinski definition) is 3. The first-order chi connectivity index (χ1) is 13.6. The molecule has 0 saturated heterocycles. The number of amides is 1. The molecule has 0 fully saturated rings. The van der Waals surface area contributed by atoms with Crippen LogP contribution < -0.4 is 0 Å². The zero-order valence-corrected chi connectivity index (χ0v) is 15.5. The van der Waals surface area contributed by atoms with Crippen LogP contribution >= 0.6 is 0 Å². The van der Waals surface area contributed by atoms with Crippen molar-refractivity contribution in [2.24, 2.45) is 0 Å². The Morgan fingerprint density at radius 3 is 2.36 bits per heavy atom. The van der Waals surface area contributed by atoms with Gasteiger partial charge in [-0.25, -0.2) is 13.8 Å². The van der Waals surface area contributed by atoms with Crippen LogP contribution in [-0.2, 0) is 17.8 Å². The molecular weight excluding hydrogens is 364 g/mol. The Bertz CT molecular complexity index is 908. The van der Waals surface area contributed by atoms with E-state index in [1.54, 1.807) is 30.3 Å². The fourth-order valence-corrected chi connectivity index (χ4v) is 2.82. The smallest absolute Gasteiger partial charge is 0.254 e. The van der Waals surface area contributed by atoms with Crippen molar-refractivity contribution in [2.45, 2.75) is 13.1 Å². The predicted molar refractivity (Wildman–Crippen MR) is 101 cm³/mol. The monoisotopic (exact) mass is 385 g/mol. The van der Waals surface area contributed by atoms with E-state index in [9.17, 15) is 13.6 Å². The van der Waals surface area contributed by atoms with Crippen LogP contribution in [-0.4, -0.2) is 40.6 Å². The summed E-state index contributed by atoms with van der Waals surface area (Å²) in [5.41, 5.74) is 1.32. The lowest BCUT2D eigenvalue weighted by atomic mass is 10.2. The average Bonchev–Trinajstić information content (AvgIpc) is 3.13. The van der Waals surface area contributed by atoms with Gasteiger partial charge in [-0.05, 0) is 42.0 Å². The van der Waals surface area contributed by atoms with Gasteiger partial charge in [0.05, 0.1) is 13.2 Å². The summed E-state index contributed by atoms with van der Waals surface area (Å²) in [5, 5.41) is 0. The largest absolute Gasteiger partial charge is 0.383 e. The number of rotatable bonds is 8. The van der Waals surface area contributed by atoms with Gasteiger partial charge in [0.2, 0.25) is 0 Å². The molecule has 2 aromatic carbocycles. The minimum Gasteiger partial charge on any atom is -0.383 e. The van der Waals surface area contributed by atoms with E-state index >= 15 is 0 Å². The number of nitrogens with zero attached hydrogens (tertiary/aromatic N) is 3. The standard InChI is InChI=1S/C21H21F2N3O2/c1-28-13-12-26(21(27)17-4-8-19(23)9-5-17)15-20-24-10-11-25(20)14-16-2-6-18(22)7-3-16/h2-11H,12-15H2,1H3. The third-order valence-electron chi connectivity index (χ3n) is 4.34. The molecule has 0 unspecified atom stereocenters. The van der Waals surface area contributed by atoms with Crippen molar-refractivity contribution in [3.8, 4) is 0 Å². The lowest BCUT2D eigenvalue weighted by Crippen LogP contribution is -2.34. The SMILES string of the molecule is COCCN(Cc1nccn1Cc1ccc(F)cc1)C(=O)c1ccc(F)cc1. The van der Waals surface area contributed by atoms with Gasteiger partial charge in [-0.15, -0.1) is 0 Å². The highest BCUT2D eigenvalue weighted by atomic mass is 19.1. The van der Waals surface area contributed by atoms with Crippen LogP contribution in [0.5, 0.6) is 0 Å². The first-order valence-electron chi connectivity index (χ1n) is 8.85. The molecule has 0 aliphatic carbocycles. The van der Waals surface area contributed by atoms with Gasteiger partial charge >= 0.3 is 0 Å². The Balaban J connectivity index is 1.77. The number of carbonyl (C=O) groups is 1. The number of imidazole rings is 1. The van der Waals surface area contributed by atoms with Crippen LogP contribution in [0.4, 0.5) is 8.78 Å². The average molecular weight is 385 g/mol. The van der Waals surface area contributed by atoms with Crippen LogP contribution in [0.1, 0.15) is 21.7 Å². The summed E-state index contributed by atoms with van der Waals surface area (Å²) in [5.74, 6) is -0.218. The molecule has 1 aromatic heterocycles. The number of hydrogen-bond donors (Lipinski definition) is 0. The van der Waals surface area contributed by atoms with E-state index in [4.69, 9.17) is 4.74 Å². The summed E-state index contributed by atoms with van der Waals surface area (Å²) in [4.78, 5) is 18.8. The number of ether oxygens (including phenoxy) is 1. The zero-order valence-electron chi connectivity index (χ0n) is 15.5. The van der Waals surface area contributed by atoms with Crippen LogP contribution in [0.2, 0.25) is 0 Å². The van der Waals surface area contributed by atoms with Gasteiger partial charge in [-0.1, -0.05) is 12.1 Å². The molecule has 0 saturated carbocycles. The summed E-state index contributed by atoms with van der Waals surface area (Å²) >= 11 is 0. The van der Waals surface area contributed by atoms with Crippen LogP contribution in [0, 0.1) is 11.6 Å². The summed E-state index contributed by atoms with van der Waals surface area (Å²) in [6.45, 7) is 1.52. The molecule has 0 spiro atoms. The van der Waals surface area contributed by atoms with E-state index in [-0.39, 0.29) is 18.3 Å². The van der Waals surface area contributed by atoms with Gasteiger partial charge in [-0.3, -0.25) is 4.79 Å². The molecule has 0 radical (unpaired) electrons. The van der Waals surface area contributed by atoms with Gasteiger partial charge in [0.15, 0.2) is 0 Å². The van der Waals surface area contributed by atoms with E-state index < -0.39 is 5.82 Å². The third kappa shape index (κ3) is 5.01. The topological polar surface area (TPSA) is 47.4 Å². The second kappa shape index (κ2) is 9.23. The van der Waals surface area contributed by atoms with E-state index in [1.807, 2.05) is 10.8 Å². The van der Waals surface area contributed by atoms with Gasteiger partial charge in [-0.2, -0.15) is 0 Å². The number of methoxy groups -OCH3 is 1. The second-order valence-corrected chi connectivity index (χ2v) is 6.32. The number of carbonyl (C=O) groups excluding carboxylic acids is 1. The first kappa shape index (κ1) is 19.7. The van der Waals surface area contributed by atoms with E-state index in [0.717, 1.165) is 5.56 Å². The molecule has 0 aliphatic rings. The molecule has 0 atom stereocenters.